The fourth-order valence-corrected chi connectivity index (χ4v) is 12.2. The van der Waals surface area contributed by atoms with Crippen LogP contribution in [0.2, 0.25) is 0 Å². The quantitative estimate of drug-likeness (QED) is 0.163. The molecular weight excluding hydrogens is 631 g/mol. The zero-order valence-corrected chi connectivity index (χ0v) is 30.5. The number of nitrogens with zero attached hydrogens (tertiary/aromatic N) is 3. The fourth-order valence-electron chi connectivity index (χ4n) is 12.2. The highest BCUT2D eigenvalue weighted by molar-refractivity contribution is 6.19. The number of rotatable bonds is 1. The Labute approximate surface area is 305 Å². The lowest BCUT2D eigenvalue weighted by molar-refractivity contribution is 0.274. The molecule has 4 aliphatic carbocycles. The lowest BCUT2D eigenvalue weighted by Gasteiger charge is -2.62. The molecule has 0 N–H and O–H groups in total. The van der Waals surface area contributed by atoms with E-state index < -0.39 is 11.0 Å². The first-order valence-corrected chi connectivity index (χ1v) is 18.8. The van der Waals surface area contributed by atoms with Crippen molar-refractivity contribution in [2.75, 3.05) is 4.90 Å². The molecule has 0 fully saturated rings. The smallest absolute Gasteiger partial charge is 0.157 e. The highest BCUT2D eigenvalue weighted by atomic mass is 15.3. The van der Waals surface area contributed by atoms with Crippen LogP contribution in [0, 0.1) is 5.41 Å². The van der Waals surface area contributed by atoms with Crippen LogP contribution in [0.25, 0.3) is 44.4 Å². The van der Waals surface area contributed by atoms with Gasteiger partial charge in [0, 0.05) is 21.8 Å². The molecule has 0 bridgehead atoms. The molecule has 6 aromatic rings. The van der Waals surface area contributed by atoms with Gasteiger partial charge >= 0.3 is 0 Å². The van der Waals surface area contributed by atoms with Crippen LogP contribution in [-0.4, -0.2) is 15.5 Å². The first kappa shape index (κ1) is 29.1. The van der Waals surface area contributed by atoms with E-state index in [9.17, 15) is 0 Å². The number of allylic oxidation sites excluding steroid dienone is 4. The van der Waals surface area contributed by atoms with Crippen molar-refractivity contribution in [3.8, 4) is 22.3 Å². The van der Waals surface area contributed by atoms with Gasteiger partial charge in [0.15, 0.2) is 5.82 Å². The molecule has 52 heavy (non-hydrogen) atoms. The largest absolute Gasteiger partial charge is 0.310 e. The monoisotopic (exact) mass is 669 g/mol. The van der Waals surface area contributed by atoms with Gasteiger partial charge in [-0.3, -0.25) is 0 Å². The molecule has 0 spiro atoms. The van der Waals surface area contributed by atoms with E-state index in [1.807, 2.05) is 0 Å². The Morgan fingerprint density at radius 2 is 1.10 bits per heavy atom. The molecule has 4 unspecified atom stereocenters. The van der Waals surface area contributed by atoms with E-state index in [0.29, 0.717) is 0 Å². The molecule has 2 aliphatic heterocycles. The Bertz CT molecular complexity index is 2780. The zero-order chi connectivity index (χ0) is 35.2. The number of aromatic nitrogens is 2. The van der Waals surface area contributed by atoms with Crippen LogP contribution < -0.4 is 4.90 Å². The van der Waals surface area contributed by atoms with Crippen LogP contribution in [0.4, 0.5) is 11.5 Å². The summed E-state index contributed by atoms with van der Waals surface area (Å²) in [6, 6.07) is 42.9. The van der Waals surface area contributed by atoms with Gasteiger partial charge in [-0.1, -0.05) is 130 Å². The molecule has 12 rings (SSSR count). The number of benzene rings is 5. The molecule has 5 aromatic carbocycles. The van der Waals surface area contributed by atoms with Gasteiger partial charge in [0.1, 0.15) is 0 Å². The van der Waals surface area contributed by atoms with E-state index in [2.05, 4.69) is 174 Å². The van der Waals surface area contributed by atoms with E-state index in [0.717, 1.165) is 22.5 Å². The molecule has 0 saturated carbocycles. The second kappa shape index (κ2) is 8.73. The molecule has 1 aromatic heterocycles. The van der Waals surface area contributed by atoms with Crippen LogP contribution in [0.15, 0.2) is 139 Å². The highest BCUT2D eigenvalue weighted by Crippen LogP contribution is 2.79. The van der Waals surface area contributed by atoms with Gasteiger partial charge in [-0.25, -0.2) is 9.97 Å². The van der Waals surface area contributed by atoms with Crippen molar-refractivity contribution in [2.24, 2.45) is 5.41 Å². The van der Waals surface area contributed by atoms with Crippen molar-refractivity contribution in [3.05, 3.63) is 167 Å². The second-order valence-corrected chi connectivity index (χ2v) is 17.1. The molecule has 4 atom stereocenters. The summed E-state index contributed by atoms with van der Waals surface area (Å²) in [5.74, 6) is 0.968. The molecule has 3 heterocycles. The minimum Gasteiger partial charge on any atom is -0.310 e. The third-order valence-electron chi connectivity index (χ3n) is 14.6. The van der Waals surface area contributed by atoms with Gasteiger partial charge in [-0.05, 0) is 100 Å². The molecule has 0 amide bonds. The third kappa shape index (κ3) is 2.82. The predicted molar refractivity (Wildman–Crippen MR) is 213 cm³/mol. The van der Waals surface area contributed by atoms with Crippen LogP contribution in [0.5, 0.6) is 0 Å². The average Bonchev–Trinajstić information content (AvgIpc) is 3.53. The van der Waals surface area contributed by atoms with Crippen LogP contribution in [0.3, 0.4) is 0 Å². The molecule has 6 aliphatic rings. The Kier molecular flexibility index (Phi) is 4.88. The number of para-hydroxylation sites is 2. The van der Waals surface area contributed by atoms with Crippen molar-refractivity contribution in [3.63, 3.8) is 0 Å². The Morgan fingerprint density at radius 1 is 0.500 bits per heavy atom. The molecule has 0 radical (unpaired) electrons. The summed E-state index contributed by atoms with van der Waals surface area (Å²) in [6.07, 6.45) is 5.03. The maximum atomic E-state index is 5.61. The van der Waals surface area contributed by atoms with Gasteiger partial charge in [0.2, 0.25) is 0 Å². The van der Waals surface area contributed by atoms with E-state index in [1.165, 1.54) is 72.5 Å². The lowest BCUT2D eigenvalue weighted by atomic mass is 9.43. The van der Waals surface area contributed by atoms with Crippen molar-refractivity contribution in [2.45, 2.75) is 63.3 Å². The Morgan fingerprint density at radius 3 is 1.83 bits per heavy atom. The molecule has 3 heteroatoms. The summed E-state index contributed by atoms with van der Waals surface area (Å²) in [4.78, 5) is 13.8. The van der Waals surface area contributed by atoms with E-state index in [4.69, 9.17) is 9.97 Å². The van der Waals surface area contributed by atoms with Crippen LogP contribution in [-0.2, 0) is 16.2 Å². The van der Waals surface area contributed by atoms with Gasteiger partial charge in [0.25, 0.3) is 0 Å². The summed E-state index contributed by atoms with van der Waals surface area (Å²) in [7, 11) is 0. The topological polar surface area (TPSA) is 29.0 Å². The Hall–Kier alpha value is -5.54. The molecule has 0 saturated heterocycles. The fraction of sp³-hybridized carbons (Fsp3) is 0.224. The summed E-state index contributed by atoms with van der Waals surface area (Å²) >= 11 is 0. The molecular formula is C49H39N3. The SMILES string of the molecule is CC1(c2ccccc2)C=CC2(C)C3=C1C1(C)C4=C5c6c(cccc6N(c6nc7ccccc7nc62)C53C)-c2ccccc2-c2cccc(c24)C1(C)C. The second-order valence-electron chi connectivity index (χ2n) is 17.1. The maximum Gasteiger partial charge on any atom is 0.157 e. The van der Waals surface area contributed by atoms with E-state index in [1.54, 1.807) is 0 Å². The normalized spacial score (nSPS) is 28.8. The zero-order valence-electron chi connectivity index (χ0n) is 30.5. The van der Waals surface area contributed by atoms with Crippen molar-refractivity contribution in [1.29, 1.82) is 0 Å². The standard InChI is InChI=1S/C49H39N3/c1-45(2)33-22-14-20-31-29-18-10-11-19-30(29)32-21-15-25-36-38(32)40-39(37(31)33)48(45,5)41-42-47(4,27-26-46(41,3)28-16-8-7-9-17-28)43-44(52(36)49(40,42)6)51-35-24-13-12-23-34(35)50-43/h7-27H,1-6H3. The maximum absolute atomic E-state index is 5.61. The summed E-state index contributed by atoms with van der Waals surface area (Å²) in [5, 5.41) is 0. The third-order valence-corrected chi connectivity index (χ3v) is 14.6. The van der Waals surface area contributed by atoms with Crippen molar-refractivity contribution < 1.29 is 0 Å². The number of anilines is 2. The molecule has 250 valence electrons. The van der Waals surface area contributed by atoms with Crippen LogP contribution >= 0.6 is 0 Å². The van der Waals surface area contributed by atoms with Crippen molar-refractivity contribution >= 4 is 33.7 Å². The molecule has 3 nitrogen and oxygen atoms in total. The van der Waals surface area contributed by atoms with Gasteiger partial charge in [-0.15, -0.1) is 0 Å². The summed E-state index contributed by atoms with van der Waals surface area (Å²) in [5.41, 5.74) is 18.8. The highest BCUT2D eigenvalue weighted by Gasteiger charge is 2.71. The first-order valence-electron chi connectivity index (χ1n) is 18.8. The van der Waals surface area contributed by atoms with Crippen LogP contribution in [0.1, 0.15) is 69.5 Å². The summed E-state index contributed by atoms with van der Waals surface area (Å²) < 4.78 is 0. The van der Waals surface area contributed by atoms with Crippen molar-refractivity contribution in [1.82, 2.24) is 9.97 Å². The predicted octanol–water partition coefficient (Wildman–Crippen LogP) is 11.5. The number of hydrogen-bond donors (Lipinski definition) is 0. The Balaban J connectivity index is 1.37. The lowest BCUT2D eigenvalue weighted by Crippen LogP contribution is -2.61. The first-order chi connectivity index (χ1) is 25.1. The minimum atomic E-state index is -0.528. The number of fused-ring (bicyclic) bond motifs is 9. The van der Waals surface area contributed by atoms with E-state index >= 15 is 0 Å². The van der Waals surface area contributed by atoms with Gasteiger partial charge in [-0.2, -0.15) is 0 Å². The number of hydrogen-bond acceptors (Lipinski definition) is 3. The van der Waals surface area contributed by atoms with Gasteiger partial charge < -0.3 is 4.90 Å². The van der Waals surface area contributed by atoms with Gasteiger partial charge in [0.05, 0.1) is 33.4 Å². The van der Waals surface area contributed by atoms with E-state index in [-0.39, 0.29) is 16.2 Å². The average molecular weight is 670 g/mol. The summed E-state index contributed by atoms with van der Waals surface area (Å²) in [6.45, 7) is 15.1. The minimum absolute atomic E-state index is 0.233.